The van der Waals surface area contributed by atoms with E-state index < -0.39 is 12.2 Å². The van der Waals surface area contributed by atoms with E-state index in [1.165, 1.54) is 0 Å². The van der Waals surface area contributed by atoms with Crippen LogP contribution in [0.5, 0.6) is 5.75 Å². The maximum absolute atomic E-state index is 10.9. The number of pyridine rings is 1. The first-order chi connectivity index (χ1) is 17.4. The smallest absolute Gasteiger partial charge is 0.159 e. The number of hydrogen-bond acceptors (Lipinski definition) is 8. The van der Waals surface area contributed by atoms with Gasteiger partial charge in [0, 0.05) is 31.9 Å². The molecule has 3 rings (SSSR count). The number of hydrogen-bond donors (Lipinski definition) is 2. The topological polar surface area (TPSA) is 101 Å². The molecule has 2 unspecified atom stereocenters. The molecule has 0 saturated carbocycles. The highest BCUT2D eigenvalue weighted by Gasteiger charge is 2.24. The highest BCUT2D eigenvalue weighted by Crippen LogP contribution is 2.22. The SMILES string of the molecule is CCOCCOc1ccc(C[C@@H](C)N(CC(O)c2cccc(Br)n2)CC(O)c2nccc(Br)n2)cc1. The quantitative estimate of drug-likeness (QED) is 0.154. The number of aliphatic hydroxyl groups excluding tert-OH is 2. The first-order valence-electron chi connectivity index (χ1n) is 11.9. The Labute approximate surface area is 229 Å². The zero-order valence-electron chi connectivity index (χ0n) is 20.4. The molecule has 1 aromatic carbocycles. The number of aromatic nitrogens is 3. The second kappa shape index (κ2) is 14.7. The molecule has 194 valence electrons. The number of aliphatic hydroxyl groups is 2. The van der Waals surface area contributed by atoms with Crippen LogP contribution in [0.2, 0.25) is 0 Å². The third-order valence-corrected chi connectivity index (χ3v) is 6.49. The van der Waals surface area contributed by atoms with Crippen molar-refractivity contribution in [2.45, 2.75) is 38.5 Å². The van der Waals surface area contributed by atoms with Crippen molar-refractivity contribution in [3.8, 4) is 5.75 Å². The minimum Gasteiger partial charge on any atom is -0.491 e. The average Bonchev–Trinajstić information content (AvgIpc) is 2.87. The van der Waals surface area contributed by atoms with Crippen LogP contribution in [-0.2, 0) is 11.2 Å². The van der Waals surface area contributed by atoms with Gasteiger partial charge in [0.05, 0.1) is 12.3 Å². The maximum atomic E-state index is 10.9. The highest BCUT2D eigenvalue weighted by molar-refractivity contribution is 9.10. The van der Waals surface area contributed by atoms with Gasteiger partial charge >= 0.3 is 0 Å². The van der Waals surface area contributed by atoms with Gasteiger partial charge < -0.3 is 19.7 Å². The molecule has 0 bridgehead atoms. The summed E-state index contributed by atoms with van der Waals surface area (Å²) < 4.78 is 12.3. The largest absolute Gasteiger partial charge is 0.491 e. The normalized spacial score (nSPS) is 14.0. The van der Waals surface area contributed by atoms with Crippen LogP contribution in [0.1, 0.15) is 43.1 Å². The van der Waals surface area contributed by atoms with Crippen LogP contribution in [-0.4, -0.2) is 69.0 Å². The molecular formula is C26H32Br2N4O4. The van der Waals surface area contributed by atoms with Gasteiger partial charge in [0.25, 0.3) is 0 Å². The summed E-state index contributed by atoms with van der Waals surface area (Å²) in [6.07, 6.45) is 0.557. The summed E-state index contributed by atoms with van der Waals surface area (Å²) in [4.78, 5) is 14.9. The van der Waals surface area contributed by atoms with Gasteiger partial charge in [-0.2, -0.15) is 0 Å². The summed E-state index contributed by atoms with van der Waals surface area (Å²) in [5.41, 5.74) is 1.68. The van der Waals surface area contributed by atoms with Crippen molar-refractivity contribution in [2.75, 3.05) is 32.9 Å². The van der Waals surface area contributed by atoms with E-state index in [0.717, 1.165) is 11.3 Å². The second-order valence-corrected chi connectivity index (χ2v) is 9.98. The summed E-state index contributed by atoms with van der Waals surface area (Å²) in [5, 5.41) is 21.8. The second-order valence-electron chi connectivity index (χ2n) is 8.35. The number of ether oxygens (including phenoxy) is 2. The van der Waals surface area contributed by atoms with Crippen LogP contribution in [0.3, 0.4) is 0 Å². The highest BCUT2D eigenvalue weighted by atomic mass is 79.9. The van der Waals surface area contributed by atoms with E-state index in [0.29, 0.717) is 47.0 Å². The Morgan fingerprint density at radius 3 is 2.33 bits per heavy atom. The molecule has 2 heterocycles. The fraction of sp³-hybridized carbons (Fsp3) is 0.423. The van der Waals surface area contributed by atoms with Crippen molar-refractivity contribution in [1.29, 1.82) is 0 Å². The molecule has 0 amide bonds. The Balaban J connectivity index is 1.70. The van der Waals surface area contributed by atoms with E-state index in [9.17, 15) is 10.2 Å². The van der Waals surface area contributed by atoms with Crippen molar-refractivity contribution in [1.82, 2.24) is 19.9 Å². The standard InChI is InChI=1S/C26H32Br2N4O4/c1-3-35-13-14-36-20-9-7-19(8-10-20)15-18(2)32(16-22(33)21-5-4-6-24(27)30-21)17-23(34)26-29-12-11-25(28)31-26/h4-12,18,22-23,33-34H,3,13-17H2,1-2H3/t18-,22?,23?/m1/s1. The molecule has 8 nitrogen and oxygen atoms in total. The van der Waals surface area contributed by atoms with Crippen LogP contribution in [0.25, 0.3) is 0 Å². The van der Waals surface area contributed by atoms with E-state index in [1.54, 1.807) is 18.3 Å². The van der Waals surface area contributed by atoms with Gasteiger partial charge in [0.2, 0.25) is 0 Å². The first kappa shape index (κ1) is 28.6. The van der Waals surface area contributed by atoms with Crippen molar-refractivity contribution >= 4 is 31.9 Å². The molecule has 0 spiro atoms. The summed E-state index contributed by atoms with van der Waals surface area (Å²) in [5.74, 6) is 1.12. The van der Waals surface area contributed by atoms with Crippen LogP contribution in [0, 0.1) is 0 Å². The average molecular weight is 624 g/mol. The molecule has 36 heavy (non-hydrogen) atoms. The molecule has 2 N–H and O–H groups in total. The van der Waals surface area contributed by atoms with E-state index >= 15 is 0 Å². The molecule has 0 aliphatic heterocycles. The summed E-state index contributed by atoms with van der Waals surface area (Å²) >= 11 is 6.69. The molecule has 3 atom stereocenters. The minimum absolute atomic E-state index is 0.00155. The molecule has 3 aromatic rings. The number of rotatable bonds is 14. The van der Waals surface area contributed by atoms with E-state index in [2.05, 4.69) is 53.7 Å². The van der Waals surface area contributed by atoms with E-state index in [-0.39, 0.29) is 19.1 Å². The zero-order chi connectivity index (χ0) is 25.9. The number of benzene rings is 1. The lowest BCUT2D eigenvalue weighted by Gasteiger charge is -2.32. The third-order valence-electron chi connectivity index (χ3n) is 5.61. The molecule has 2 aromatic heterocycles. The third kappa shape index (κ3) is 9.17. The van der Waals surface area contributed by atoms with E-state index in [1.807, 2.05) is 48.2 Å². The first-order valence-corrected chi connectivity index (χ1v) is 13.4. The van der Waals surface area contributed by atoms with Gasteiger partial charge in [-0.15, -0.1) is 0 Å². The van der Waals surface area contributed by atoms with Gasteiger partial charge in [-0.3, -0.25) is 4.90 Å². The molecule has 10 heteroatoms. The van der Waals surface area contributed by atoms with Gasteiger partial charge in [-0.1, -0.05) is 18.2 Å². The molecule has 0 aliphatic carbocycles. The van der Waals surface area contributed by atoms with Crippen molar-refractivity contribution < 1.29 is 19.7 Å². The van der Waals surface area contributed by atoms with Gasteiger partial charge in [0.15, 0.2) is 5.82 Å². The van der Waals surface area contributed by atoms with Gasteiger partial charge in [-0.05, 0) is 88.0 Å². The Morgan fingerprint density at radius 2 is 1.64 bits per heavy atom. The molecule has 0 radical (unpaired) electrons. The molecule has 0 aliphatic rings. The van der Waals surface area contributed by atoms with Gasteiger partial charge in [-0.25, -0.2) is 15.0 Å². The maximum Gasteiger partial charge on any atom is 0.159 e. The molecule has 0 saturated heterocycles. The van der Waals surface area contributed by atoms with Crippen molar-refractivity contribution in [2.24, 2.45) is 0 Å². The summed E-state index contributed by atoms with van der Waals surface area (Å²) in [6, 6.07) is 15.1. The van der Waals surface area contributed by atoms with Crippen LogP contribution >= 0.6 is 31.9 Å². The fourth-order valence-electron chi connectivity index (χ4n) is 3.73. The van der Waals surface area contributed by atoms with E-state index in [4.69, 9.17) is 9.47 Å². The van der Waals surface area contributed by atoms with Crippen molar-refractivity contribution in [3.63, 3.8) is 0 Å². The minimum atomic E-state index is -0.922. The Morgan fingerprint density at radius 1 is 0.917 bits per heavy atom. The van der Waals surface area contributed by atoms with Crippen molar-refractivity contribution in [3.05, 3.63) is 81.0 Å². The van der Waals surface area contributed by atoms with Crippen LogP contribution in [0.15, 0.2) is 63.9 Å². The lowest BCUT2D eigenvalue weighted by molar-refractivity contribution is 0.0435. The number of nitrogens with zero attached hydrogens (tertiary/aromatic N) is 4. The Bertz CT molecular complexity index is 1020. The van der Waals surface area contributed by atoms with Crippen LogP contribution in [0.4, 0.5) is 0 Å². The van der Waals surface area contributed by atoms with Gasteiger partial charge in [0.1, 0.15) is 33.8 Å². The predicted octanol–water partition coefficient (Wildman–Crippen LogP) is 4.51. The fourth-order valence-corrected chi connectivity index (χ4v) is 4.39. The van der Waals surface area contributed by atoms with Crippen LogP contribution < -0.4 is 4.74 Å². The zero-order valence-corrected chi connectivity index (χ0v) is 23.6. The lowest BCUT2D eigenvalue weighted by Crippen LogP contribution is -2.41. The lowest BCUT2D eigenvalue weighted by atomic mass is 10.0. The predicted molar refractivity (Wildman–Crippen MR) is 145 cm³/mol. The Kier molecular flexibility index (Phi) is 11.7. The molecule has 0 fully saturated rings. The summed E-state index contributed by atoms with van der Waals surface area (Å²) in [6.45, 7) is 6.30. The monoisotopic (exact) mass is 622 g/mol. The molecular weight excluding hydrogens is 592 g/mol. The summed E-state index contributed by atoms with van der Waals surface area (Å²) in [7, 11) is 0. The number of halogens is 2. The Hall–Kier alpha value is -1.95.